The Balaban J connectivity index is 1.75. The lowest BCUT2D eigenvalue weighted by Crippen LogP contribution is -2.20. The Kier molecular flexibility index (Phi) is 7.14. The molecule has 0 radical (unpaired) electrons. The summed E-state index contributed by atoms with van der Waals surface area (Å²) in [6, 6.07) is 7.31. The molecule has 1 N–H and O–H groups in total. The van der Waals surface area contributed by atoms with Gasteiger partial charge in [0, 0.05) is 10.2 Å². The zero-order valence-electron chi connectivity index (χ0n) is 12.0. The number of thioether (sulfide) groups is 1. The predicted molar refractivity (Wildman–Crippen MR) is 93.8 cm³/mol. The van der Waals surface area contributed by atoms with Gasteiger partial charge < -0.3 is 4.74 Å². The Bertz CT molecular complexity index is 604. The van der Waals surface area contributed by atoms with Gasteiger partial charge in [-0.25, -0.2) is 0 Å². The molecule has 22 heavy (non-hydrogen) atoms. The van der Waals surface area contributed by atoms with Gasteiger partial charge in [-0.05, 0) is 30.7 Å². The fourth-order valence-electron chi connectivity index (χ4n) is 1.46. The van der Waals surface area contributed by atoms with Crippen molar-refractivity contribution in [3.8, 4) is 5.75 Å². The highest BCUT2D eigenvalue weighted by atomic mass is 79.9. The highest BCUT2D eigenvalue weighted by molar-refractivity contribution is 9.10. The van der Waals surface area contributed by atoms with Gasteiger partial charge in [-0.3, -0.25) is 10.1 Å². The van der Waals surface area contributed by atoms with Gasteiger partial charge in [0.1, 0.15) is 5.75 Å². The second kappa shape index (κ2) is 9.12. The SMILES string of the molecule is CCCCSc1nnc(NC(=O)COc2ccc(Br)cc2)s1. The van der Waals surface area contributed by atoms with E-state index in [0.717, 1.165) is 27.4 Å². The lowest BCUT2D eigenvalue weighted by atomic mass is 10.3. The summed E-state index contributed by atoms with van der Waals surface area (Å²) >= 11 is 6.39. The second-order valence-corrected chi connectivity index (χ2v) is 7.60. The molecule has 0 fully saturated rings. The van der Waals surface area contributed by atoms with E-state index in [1.54, 1.807) is 23.9 Å². The quantitative estimate of drug-likeness (QED) is 0.407. The number of carbonyl (C=O) groups excluding carboxylic acids is 1. The molecule has 0 spiro atoms. The summed E-state index contributed by atoms with van der Waals surface area (Å²) in [4.78, 5) is 11.8. The van der Waals surface area contributed by atoms with E-state index in [0.29, 0.717) is 10.9 Å². The largest absolute Gasteiger partial charge is 0.484 e. The molecule has 2 aromatic rings. The standard InChI is InChI=1S/C14H16BrN3O2S2/c1-2-3-8-21-14-18-17-13(22-14)16-12(19)9-20-11-6-4-10(15)5-7-11/h4-7H,2-3,8-9H2,1H3,(H,16,17,19). The molecule has 0 bridgehead atoms. The Hall–Kier alpha value is -1.12. The maximum atomic E-state index is 11.8. The summed E-state index contributed by atoms with van der Waals surface area (Å²) in [6.45, 7) is 2.09. The topological polar surface area (TPSA) is 64.1 Å². The highest BCUT2D eigenvalue weighted by Crippen LogP contribution is 2.26. The number of rotatable bonds is 8. The van der Waals surface area contributed by atoms with E-state index in [4.69, 9.17) is 4.74 Å². The van der Waals surface area contributed by atoms with Gasteiger partial charge in [-0.2, -0.15) is 0 Å². The van der Waals surface area contributed by atoms with Gasteiger partial charge >= 0.3 is 0 Å². The number of hydrogen-bond acceptors (Lipinski definition) is 6. The zero-order chi connectivity index (χ0) is 15.8. The van der Waals surface area contributed by atoms with Crippen LogP contribution in [0.3, 0.4) is 0 Å². The van der Waals surface area contributed by atoms with Gasteiger partial charge in [0.05, 0.1) is 0 Å². The molecule has 1 amide bonds. The second-order valence-electron chi connectivity index (χ2n) is 4.37. The van der Waals surface area contributed by atoms with Crippen LogP contribution in [0, 0.1) is 0 Å². The van der Waals surface area contributed by atoms with Crippen molar-refractivity contribution in [2.75, 3.05) is 17.7 Å². The maximum Gasteiger partial charge on any atom is 0.264 e. The van der Waals surface area contributed by atoms with Crippen molar-refractivity contribution in [3.63, 3.8) is 0 Å². The maximum absolute atomic E-state index is 11.8. The molecule has 0 saturated carbocycles. The van der Waals surface area contributed by atoms with Crippen LogP contribution in [0.1, 0.15) is 19.8 Å². The van der Waals surface area contributed by atoms with Crippen molar-refractivity contribution in [1.29, 1.82) is 0 Å². The first kappa shape index (κ1) is 17.2. The number of unbranched alkanes of at least 4 members (excludes halogenated alkanes) is 1. The highest BCUT2D eigenvalue weighted by Gasteiger charge is 2.09. The number of anilines is 1. The summed E-state index contributed by atoms with van der Waals surface area (Å²) in [5, 5.41) is 11.2. The molecule has 0 aliphatic heterocycles. The van der Waals surface area contributed by atoms with E-state index in [1.807, 2.05) is 12.1 Å². The summed E-state index contributed by atoms with van der Waals surface area (Å²) < 4.78 is 7.24. The molecule has 0 unspecified atom stereocenters. The van der Waals surface area contributed by atoms with Crippen LogP contribution in [0.4, 0.5) is 5.13 Å². The molecule has 5 nitrogen and oxygen atoms in total. The van der Waals surface area contributed by atoms with E-state index in [9.17, 15) is 4.79 Å². The van der Waals surface area contributed by atoms with Crippen molar-refractivity contribution >= 4 is 50.1 Å². The van der Waals surface area contributed by atoms with Gasteiger partial charge in [0.2, 0.25) is 5.13 Å². The van der Waals surface area contributed by atoms with E-state index < -0.39 is 0 Å². The Morgan fingerprint density at radius 2 is 2.14 bits per heavy atom. The number of nitrogens with zero attached hydrogens (tertiary/aromatic N) is 2. The molecule has 0 saturated heterocycles. The van der Waals surface area contributed by atoms with Crippen LogP contribution in [-0.2, 0) is 4.79 Å². The number of hydrogen-bond donors (Lipinski definition) is 1. The normalized spacial score (nSPS) is 10.5. The molecular formula is C14H16BrN3O2S2. The van der Waals surface area contributed by atoms with Crippen LogP contribution in [0.2, 0.25) is 0 Å². The Morgan fingerprint density at radius 3 is 2.86 bits per heavy atom. The number of benzene rings is 1. The third-order valence-corrected chi connectivity index (χ3v) is 5.15. The lowest BCUT2D eigenvalue weighted by molar-refractivity contribution is -0.118. The van der Waals surface area contributed by atoms with Crippen molar-refractivity contribution in [2.24, 2.45) is 0 Å². The smallest absolute Gasteiger partial charge is 0.264 e. The van der Waals surface area contributed by atoms with Crippen LogP contribution in [-0.4, -0.2) is 28.5 Å². The minimum Gasteiger partial charge on any atom is -0.484 e. The minimum absolute atomic E-state index is 0.0560. The molecule has 0 aliphatic carbocycles. The summed E-state index contributed by atoms with van der Waals surface area (Å²) in [7, 11) is 0. The van der Waals surface area contributed by atoms with Crippen molar-refractivity contribution in [3.05, 3.63) is 28.7 Å². The molecule has 118 valence electrons. The molecule has 2 rings (SSSR count). The zero-order valence-corrected chi connectivity index (χ0v) is 15.3. The molecular weight excluding hydrogens is 386 g/mol. The van der Waals surface area contributed by atoms with Crippen molar-refractivity contribution in [2.45, 2.75) is 24.1 Å². The van der Waals surface area contributed by atoms with Crippen molar-refractivity contribution < 1.29 is 9.53 Å². The van der Waals surface area contributed by atoms with E-state index >= 15 is 0 Å². The first-order valence-corrected chi connectivity index (χ1v) is 9.41. The van der Waals surface area contributed by atoms with E-state index in [-0.39, 0.29) is 12.5 Å². The van der Waals surface area contributed by atoms with Gasteiger partial charge in [-0.15, -0.1) is 10.2 Å². The fourth-order valence-corrected chi connectivity index (χ4v) is 3.64. The molecule has 1 heterocycles. The number of amides is 1. The number of aromatic nitrogens is 2. The van der Waals surface area contributed by atoms with Crippen LogP contribution < -0.4 is 10.1 Å². The number of ether oxygens (including phenoxy) is 1. The Morgan fingerprint density at radius 1 is 1.36 bits per heavy atom. The van der Waals surface area contributed by atoms with Gasteiger partial charge in [0.15, 0.2) is 10.9 Å². The monoisotopic (exact) mass is 401 g/mol. The summed E-state index contributed by atoms with van der Waals surface area (Å²) in [5.41, 5.74) is 0. The van der Waals surface area contributed by atoms with Gasteiger partial charge in [0.25, 0.3) is 5.91 Å². The van der Waals surface area contributed by atoms with Crippen LogP contribution in [0.25, 0.3) is 0 Å². The third-order valence-electron chi connectivity index (χ3n) is 2.56. The predicted octanol–water partition coefficient (Wildman–Crippen LogP) is 4.21. The summed E-state index contributed by atoms with van der Waals surface area (Å²) in [6.07, 6.45) is 2.30. The average molecular weight is 402 g/mol. The van der Waals surface area contributed by atoms with E-state index in [2.05, 4.69) is 38.4 Å². The molecule has 8 heteroatoms. The van der Waals surface area contributed by atoms with Crippen LogP contribution in [0.5, 0.6) is 5.75 Å². The van der Waals surface area contributed by atoms with Crippen LogP contribution in [0.15, 0.2) is 33.1 Å². The minimum atomic E-state index is -0.246. The van der Waals surface area contributed by atoms with Gasteiger partial charge in [-0.1, -0.05) is 52.4 Å². The number of carbonyl (C=O) groups is 1. The molecule has 1 aromatic carbocycles. The lowest BCUT2D eigenvalue weighted by Gasteiger charge is -2.05. The first-order chi connectivity index (χ1) is 10.7. The third kappa shape index (κ3) is 5.94. The van der Waals surface area contributed by atoms with E-state index in [1.165, 1.54) is 11.3 Å². The Labute approximate surface area is 146 Å². The first-order valence-electron chi connectivity index (χ1n) is 6.82. The molecule has 0 atom stereocenters. The molecule has 0 aliphatic rings. The fraction of sp³-hybridized carbons (Fsp3) is 0.357. The van der Waals surface area contributed by atoms with Crippen LogP contribution >= 0.6 is 39.0 Å². The van der Waals surface area contributed by atoms with Crippen molar-refractivity contribution in [1.82, 2.24) is 10.2 Å². The number of nitrogens with one attached hydrogen (secondary N) is 1. The molecule has 1 aromatic heterocycles. The summed E-state index contributed by atoms with van der Waals surface area (Å²) in [5.74, 6) is 1.42. The number of halogens is 1. The average Bonchev–Trinajstić information content (AvgIpc) is 2.94.